The number of ketones is 2. The standard InChI is InChI=1S/C17H13O2/c1-2-5-11-8-9-14-15(10-11)17(19)13-7-4-3-6-12(13)16(14)18/h3-4,6-10H,1-2,5H2. The molecule has 0 heterocycles. The molecule has 0 bridgehead atoms. The molecule has 0 unspecified atom stereocenters. The summed E-state index contributed by atoms with van der Waals surface area (Å²) in [6.45, 7) is 3.81. The highest BCUT2D eigenvalue weighted by Crippen LogP contribution is 2.28. The van der Waals surface area contributed by atoms with Gasteiger partial charge in [0, 0.05) is 22.3 Å². The molecule has 1 aliphatic carbocycles. The van der Waals surface area contributed by atoms with E-state index < -0.39 is 0 Å². The van der Waals surface area contributed by atoms with Crippen molar-refractivity contribution in [3.05, 3.63) is 77.2 Å². The predicted octanol–water partition coefficient (Wildman–Crippen LogP) is 3.23. The van der Waals surface area contributed by atoms with Crippen LogP contribution in [-0.2, 0) is 6.42 Å². The largest absolute Gasteiger partial charge is 0.289 e. The van der Waals surface area contributed by atoms with Gasteiger partial charge in [-0.2, -0.15) is 0 Å². The lowest BCUT2D eigenvalue weighted by Gasteiger charge is -2.17. The van der Waals surface area contributed by atoms with Crippen molar-refractivity contribution in [1.82, 2.24) is 0 Å². The van der Waals surface area contributed by atoms with E-state index in [0.717, 1.165) is 18.4 Å². The Morgan fingerprint density at radius 3 is 2.00 bits per heavy atom. The lowest BCUT2D eigenvalue weighted by molar-refractivity contribution is 0.0979. The fraction of sp³-hybridized carbons (Fsp3) is 0.118. The third-order valence-electron chi connectivity index (χ3n) is 3.45. The number of carbonyl (C=O) groups excluding carboxylic acids is 2. The molecule has 0 aromatic heterocycles. The molecule has 1 aliphatic rings. The highest BCUT2D eigenvalue weighted by Gasteiger charge is 2.29. The quantitative estimate of drug-likeness (QED) is 0.698. The smallest absolute Gasteiger partial charge is 0.194 e. The van der Waals surface area contributed by atoms with Crippen LogP contribution in [0.5, 0.6) is 0 Å². The molecule has 0 amide bonds. The first-order valence-corrected chi connectivity index (χ1v) is 6.33. The summed E-state index contributed by atoms with van der Waals surface area (Å²) in [7, 11) is 0. The van der Waals surface area contributed by atoms with Crippen LogP contribution in [0.25, 0.3) is 0 Å². The molecule has 0 fully saturated rings. The van der Waals surface area contributed by atoms with E-state index in [1.54, 1.807) is 30.3 Å². The topological polar surface area (TPSA) is 34.1 Å². The van der Waals surface area contributed by atoms with Crippen LogP contribution in [0, 0.1) is 6.92 Å². The van der Waals surface area contributed by atoms with Crippen LogP contribution in [0.4, 0.5) is 0 Å². The molecule has 2 aromatic rings. The molecule has 0 spiro atoms. The molecule has 0 N–H and O–H groups in total. The Balaban J connectivity index is 2.18. The van der Waals surface area contributed by atoms with Crippen LogP contribution in [0.1, 0.15) is 43.8 Å². The van der Waals surface area contributed by atoms with Crippen LogP contribution < -0.4 is 0 Å². The molecule has 0 saturated heterocycles. The lowest BCUT2D eigenvalue weighted by Crippen LogP contribution is -2.20. The van der Waals surface area contributed by atoms with Gasteiger partial charge in [-0.05, 0) is 24.5 Å². The summed E-state index contributed by atoms with van der Waals surface area (Å²) >= 11 is 0. The maximum atomic E-state index is 12.4. The van der Waals surface area contributed by atoms with Crippen molar-refractivity contribution in [3.8, 4) is 0 Å². The molecule has 2 nitrogen and oxygen atoms in total. The third-order valence-corrected chi connectivity index (χ3v) is 3.45. The second-order valence-electron chi connectivity index (χ2n) is 4.69. The number of carbonyl (C=O) groups is 2. The van der Waals surface area contributed by atoms with Crippen molar-refractivity contribution in [2.75, 3.05) is 0 Å². The van der Waals surface area contributed by atoms with Crippen molar-refractivity contribution in [3.63, 3.8) is 0 Å². The average Bonchev–Trinajstić information content (AvgIpc) is 2.45. The van der Waals surface area contributed by atoms with E-state index in [4.69, 9.17) is 0 Å². The van der Waals surface area contributed by atoms with Crippen LogP contribution in [0.2, 0.25) is 0 Å². The van der Waals surface area contributed by atoms with E-state index in [0.29, 0.717) is 22.3 Å². The van der Waals surface area contributed by atoms with Crippen molar-refractivity contribution < 1.29 is 9.59 Å². The minimum absolute atomic E-state index is 0.0592. The predicted molar refractivity (Wildman–Crippen MR) is 73.4 cm³/mol. The van der Waals surface area contributed by atoms with Crippen LogP contribution in [0.3, 0.4) is 0 Å². The van der Waals surface area contributed by atoms with E-state index in [1.807, 2.05) is 12.1 Å². The highest BCUT2D eigenvalue weighted by molar-refractivity contribution is 6.28. The fourth-order valence-corrected chi connectivity index (χ4v) is 2.51. The molecule has 0 atom stereocenters. The number of hydrogen-bond acceptors (Lipinski definition) is 2. The average molecular weight is 249 g/mol. The van der Waals surface area contributed by atoms with Gasteiger partial charge in [0.1, 0.15) is 0 Å². The van der Waals surface area contributed by atoms with Gasteiger partial charge in [-0.3, -0.25) is 9.59 Å². The first-order chi connectivity index (χ1) is 9.22. The maximum Gasteiger partial charge on any atom is 0.194 e. The summed E-state index contributed by atoms with van der Waals surface area (Å²) < 4.78 is 0. The number of fused-ring (bicyclic) bond motifs is 2. The summed E-state index contributed by atoms with van der Waals surface area (Å²) in [6.07, 6.45) is 1.59. The monoisotopic (exact) mass is 249 g/mol. The van der Waals surface area contributed by atoms with E-state index in [1.165, 1.54) is 0 Å². The van der Waals surface area contributed by atoms with E-state index in [2.05, 4.69) is 6.92 Å². The summed E-state index contributed by atoms with van der Waals surface area (Å²) in [5.41, 5.74) is 3.09. The summed E-state index contributed by atoms with van der Waals surface area (Å²) in [5.74, 6) is -0.123. The fourth-order valence-electron chi connectivity index (χ4n) is 2.51. The molecule has 93 valence electrons. The molecule has 3 rings (SSSR count). The van der Waals surface area contributed by atoms with E-state index >= 15 is 0 Å². The van der Waals surface area contributed by atoms with Crippen molar-refractivity contribution in [2.24, 2.45) is 0 Å². The van der Waals surface area contributed by atoms with Crippen LogP contribution in [-0.4, -0.2) is 11.6 Å². The highest BCUT2D eigenvalue weighted by atomic mass is 16.1. The summed E-state index contributed by atoms with van der Waals surface area (Å²) in [6, 6.07) is 12.5. The molecular formula is C17H13O2. The SMILES string of the molecule is [CH2]CCc1ccc2c(c1)C(=O)c1ccccc1C2=O. The third kappa shape index (κ3) is 1.80. The van der Waals surface area contributed by atoms with Crippen LogP contribution in [0.15, 0.2) is 42.5 Å². The zero-order valence-corrected chi connectivity index (χ0v) is 10.5. The Bertz CT molecular complexity index is 683. The summed E-state index contributed by atoms with van der Waals surface area (Å²) in [5, 5.41) is 0. The molecule has 0 saturated carbocycles. The number of aryl methyl sites for hydroxylation is 1. The van der Waals surface area contributed by atoms with Gasteiger partial charge in [-0.25, -0.2) is 0 Å². The zero-order valence-electron chi connectivity index (χ0n) is 10.5. The van der Waals surface area contributed by atoms with Gasteiger partial charge in [0.25, 0.3) is 0 Å². The summed E-state index contributed by atoms with van der Waals surface area (Å²) in [4.78, 5) is 24.8. The normalized spacial score (nSPS) is 13.1. The Morgan fingerprint density at radius 1 is 0.789 bits per heavy atom. The first kappa shape index (κ1) is 11.8. The van der Waals surface area contributed by atoms with E-state index in [-0.39, 0.29) is 11.6 Å². The molecule has 0 aliphatic heterocycles. The Labute approximate surface area is 112 Å². The van der Waals surface area contributed by atoms with Crippen molar-refractivity contribution in [1.29, 1.82) is 0 Å². The number of hydrogen-bond donors (Lipinski definition) is 0. The van der Waals surface area contributed by atoms with E-state index in [9.17, 15) is 9.59 Å². The Kier molecular flexibility index (Phi) is 2.79. The first-order valence-electron chi connectivity index (χ1n) is 6.33. The number of rotatable bonds is 2. The van der Waals surface area contributed by atoms with Gasteiger partial charge in [0.05, 0.1) is 0 Å². The van der Waals surface area contributed by atoms with Crippen molar-refractivity contribution >= 4 is 11.6 Å². The second-order valence-corrected chi connectivity index (χ2v) is 4.69. The lowest BCUT2D eigenvalue weighted by atomic mass is 9.83. The number of benzene rings is 2. The van der Waals surface area contributed by atoms with Crippen molar-refractivity contribution in [2.45, 2.75) is 12.8 Å². The van der Waals surface area contributed by atoms with Gasteiger partial charge in [-0.1, -0.05) is 43.3 Å². The molecule has 19 heavy (non-hydrogen) atoms. The van der Waals surface area contributed by atoms with Gasteiger partial charge < -0.3 is 0 Å². The molecule has 1 radical (unpaired) electrons. The molecular weight excluding hydrogens is 236 g/mol. The Morgan fingerprint density at radius 2 is 1.37 bits per heavy atom. The zero-order chi connectivity index (χ0) is 13.4. The second kappa shape index (κ2) is 4.47. The molecule has 2 heteroatoms. The van der Waals surface area contributed by atoms with Gasteiger partial charge in [-0.15, -0.1) is 0 Å². The van der Waals surface area contributed by atoms with Gasteiger partial charge in [0.15, 0.2) is 11.6 Å². The molecule has 2 aromatic carbocycles. The van der Waals surface area contributed by atoms with Gasteiger partial charge in [0.2, 0.25) is 0 Å². The minimum Gasteiger partial charge on any atom is -0.289 e. The Hall–Kier alpha value is -2.22. The van der Waals surface area contributed by atoms with Crippen LogP contribution >= 0.6 is 0 Å². The minimum atomic E-state index is -0.0635. The maximum absolute atomic E-state index is 12.4. The van der Waals surface area contributed by atoms with Gasteiger partial charge >= 0.3 is 0 Å².